The molecule has 0 saturated carbocycles. The van der Waals surface area contributed by atoms with E-state index >= 15 is 0 Å². The maximum absolute atomic E-state index is 13.9. The van der Waals surface area contributed by atoms with Gasteiger partial charge in [0.1, 0.15) is 19.0 Å². The fourth-order valence-corrected chi connectivity index (χ4v) is 7.13. The van der Waals surface area contributed by atoms with E-state index in [1.807, 2.05) is 67.8 Å². The van der Waals surface area contributed by atoms with Crippen LogP contribution in [0.3, 0.4) is 0 Å². The minimum absolute atomic E-state index is 0.172. The molecule has 0 spiro atoms. The summed E-state index contributed by atoms with van der Waals surface area (Å²) >= 11 is 5.81. The Hall–Kier alpha value is -0.670. The predicted octanol–water partition coefficient (Wildman–Crippen LogP) is 4.55. The zero-order valence-corrected chi connectivity index (χ0v) is 22.2. The minimum atomic E-state index is -5.58. The largest absolute Gasteiger partial charge is 0.495 e. The van der Waals surface area contributed by atoms with Gasteiger partial charge in [-0.15, -0.1) is 0 Å². The van der Waals surface area contributed by atoms with Crippen molar-refractivity contribution in [2.75, 3.05) is 20.3 Å². The highest BCUT2D eigenvalue weighted by Gasteiger charge is 2.33. The molecule has 31 heavy (non-hydrogen) atoms. The summed E-state index contributed by atoms with van der Waals surface area (Å²) in [4.78, 5) is 10.2. The number of benzene rings is 2. The number of esters is 1. The van der Waals surface area contributed by atoms with Gasteiger partial charge in [-0.2, -0.15) is 17.2 Å². The third-order valence-corrected chi connectivity index (χ3v) is 7.10. The zero-order chi connectivity index (χ0) is 23.7. The number of halogens is 7. The lowest BCUT2D eigenvalue weighted by Crippen LogP contribution is -2.17. The average Bonchev–Trinajstić information content (AvgIpc) is 2.64. The maximum atomic E-state index is 13.9. The van der Waals surface area contributed by atoms with Crippen LogP contribution >= 0.6 is 67.8 Å². The van der Waals surface area contributed by atoms with Gasteiger partial charge in [0, 0.05) is 3.57 Å². The predicted molar refractivity (Wildman–Crippen MR) is 123 cm³/mol. The van der Waals surface area contributed by atoms with Crippen LogP contribution in [0.4, 0.5) is 17.6 Å². The molecule has 0 amide bonds. The topological polar surface area (TPSA) is 99.1 Å². The first kappa shape index (κ1) is 26.6. The number of hydrogen-bond acceptors (Lipinski definition) is 6. The molecule has 2 rings (SSSR count). The highest BCUT2D eigenvalue weighted by Crippen LogP contribution is 2.34. The molecule has 0 aromatic heterocycles. The Kier molecular flexibility index (Phi) is 9.01. The van der Waals surface area contributed by atoms with Crippen LogP contribution in [0, 0.1) is 34.0 Å². The van der Waals surface area contributed by atoms with Gasteiger partial charge in [-0.05, 0) is 73.8 Å². The van der Waals surface area contributed by atoms with Crippen molar-refractivity contribution in [3.05, 3.63) is 45.6 Å². The van der Waals surface area contributed by atoms with Gasteiger partial charge in [0.25, 0.3) is 0 Å². The first-order valence-corrected chi connectivity index (χ1v) is 12.3. The summed E-state index contributed by atoms with van der Waals surface area (Å²) in [6.07, 6.45) is 0. The monoisotopic (exact) mass is 802 g/mol. The van der Waals surface area contributed by atoms with Crippen LogP contribution in [0.5, 0.6) is 11.5 Å². The van der Waals surface area contributed by atoms with E-state index in [4.69, 9.17) is 14.0 Å². The van der Waals surface area contributed by atoms with Crippen LogP contribution in [0.15, 0.2) is 11.0 Å². The molecule has 0 radical (unpaired) electrons. The summed E-state index contributed by atoms with van der Waals surface area (Å²) in [6.45, 7) is -1.29. The smallest absolute Gasteiger partial charge is 0.340 e. The standard InChI is InChI=1S/C16H9F4I3O7S/c1-28-13-6(22)4-5(21)7(12(13)23)16(24)30-3-2-29-14-8(17)10(19)15(31(25,26)27)11(20)9(14)18/h4H,2-3H2,1H3,(H,25,26,27). The van der Waals surface area contributed by atoms with Crippen molar-refractivity contribution in [3.8, 4) is 11.5 Å². The second-order valence-corrected chi connectivity index (χ2v) is 10.2. The average molecular weight is 802 g/mol. The third kappa shape index (κ3) is 5.64. The van der Waals surface area contributed by atoms with Crippen molar-refractivity contribution in [1.29, 1.82) is 0 Å². The number of ether oxygens (including phenoxy) is 3. The summed E-state index contributed by atoms with van der Waals surface area (Å²) in [7, 11) is -4.16. The fraction of sp³-hybridized carbons (Fsp3) is 0.188. The molecule has 0 aliphatic carbocycles. The highest BCUT2D eigenvalue weighted by atomic mass is 127. The van der Waals surface area contributed by atoms with E-state index in [1.54, 1.807) is 6.07 Å². The van der Waals surface area contributed by atoms with Gasteiger partial charge in [-0.1, -0.05) is 0 Å². The Morgan fingerprint density at radius 1 is 0.968 bits per heavy atom. The normalized spacial score (nSPS) is 11.4. The van der Waals surface area contributed by atoms with Crippen molar-refractivity contribution in [1.82, 2.24) is 0 Å². The summed E-state index contributed by atoms with van der Waals surface area (Å²) in [5.41, 5.74) is 0.172. The Morgan fingerprint density at radius 3 is 2.00 bits per heavy atom. The van der Waals surface area contributed by atoms with Crippen molar-refractivity contribution < 1.29 is 49.5 Å². The Balaban J connectivity index is 2.17. The van der Waals surface area contributed by atoms with Crippen LogP contribution < -0.4 is 9.47 Å². The van der Waals surface area contributed by atoms with Crippen molar-refractivity contribution in [2.45, 2.75) is 4.90 Å². The van der Waals surface area contributed by atoms with E-state index in [1.165, 1.54) is 7.11 Å². The van der Waals surface area contributed by atoms with Crippen molar-refractivity contribution >= 4 is 83.9 Å². The van der Waals surface area contributed by atoms with Crippen molar-refractivity contribution in [2.24, 2.45) is 0 Å². The first-order chi connectivity index (χ1) is 14.3. The lowest BCUT2D eigenvalue weighted by molar-refractivity contribution is 0.0441. The number of hydrogen-bond donors (Lipinski definition) is 1. The van der Waals surface area contributed by atoms with Gasteiger partial charge in [0.05, 0.1) is 19.8 Å². The molecule has 170 valence electrons. The molecule has 0 heterocycles. The highest BCUT2D eigenvalue weighted by molar-refractivity contribution is 14.1. The third-order valence-electron chi connectivity index (χ3n) is 3.54. The number of carbonyl (C=O) groups is 1. The van der Waals surface area contributed by atoms with Gasteiger partial charge < -0.3 is 14.2 Å². The van der Waals surface area contributed by atoms with Crippen LogP contribution in [-0.2, 0) is 14.9 Å². The van der Waals surface area contributed by atoms with E-state index in [9.17, 15) is 30.8 Å². The quantitative estimate of drug-likeness (QED) is 0.110. The molecule has 0 saturated heterocycles. The molecular weight excluding hydrogens is 793 g/mol. The van der Waals surface area contributed by atoms with Crippen LogP contribution in [0.1, 0.15) is 10.4 Å². The molecule has 0 aliphatic heterocycles. The second-order valence-electron chi connectivity index (χ2n) is 5.44. The van der Waals surface area contributed by atoms with Gasteiger partial charge in [0.2, 0.25) is 11.6 Å². The van der Waals surface area contributed by atoms with Gasteiger partial charge >= 0.3 is 16.1 Å². The summed E-state index contributed by atoms with van der Waals surface area (Å²) in [5.74, 6) is -11.0. The lowest BCUT2D eigenvalue weighted by atomic mass is 10.2. The number of methoxy groups -OCH3 is 1. The SMILES string of the molecule is COc1c(I)cc(I)c(C(=O)OCCOc2c(F)c(F)c(S(=O)(=O)O)c(F)c2F)c1I. The summed E-state index contributed by atoms with van der Waals surface area (Å²) < 4.78 is 102. The Labute approximate surface area is 214 Å². The molecular formula is C16H9F4I3O7S. The first-order valence-electron chi connectivity index (χ1n) is 7.67. The number of carbonyl (C=O) groups excluding carboxylic acids is 1. The summed E-state index contributed by atoms with van der Waals surface area (Å²) in [6, 6.07) is 1.67. The van der Waals surface area contributed by atoms with Crippen molar-refractivity contribution in [3.63, 3.8) is 0 Å². The van der Waals surface area contributed by atoms with Gasteiger partial charge in [-0.25, -0.2) is 13.6 Å². The molecule has 1 N–H and O–H groups in total. The van der Waals surface area contributed by atoms with E-state index in [2.05, 4.69) is 4.74 Å². The molecule has 0 atom stereocenters. The molecule has 7 nitrogen and oxygen atoms in total. The minimum Gasteiger partial charge on any atom is -0.495 e. The maximum Gasteiger partial charge on any atom is 0.340 e. The zero-order valence-electron chi connectivity index (χ0n) is 14.9. The molecule has 0 fully saturated rings. The van der Waals surface area contributed by atoms with Crippen LogP contribution in [0.25, 0.3) is 0 Å². The Morgan fingerprint density at radius 2 is 1.52 bits per heavy atom. The van der Waals surface area contributed by atoms with E-state index < -0.39 is 63.2 Å². The molecule has 15 heteroatoms. The fourth-order valence-electron chi connectivity index (χ4n) is 2.24. The Bertz CT molecular complexity index is 1130. The van der Waals surface area contributed by atoms with Crippen LogP contribution in [-0.4, -0.2) is 39.3 Å². The van der Waals surface area contributed by atoms with E-state index in [0.717, 1.165) is 3.57 Å². The van der Waals surface area contributed by atoms with Gasteiger partial charge in [0.15, 0.2) is 22.3 Å². The van der Waals surface area contributed by atoms with E-state index in [0.29, 0.717) is 12.9 Å². The summed E-state index contributed by atoms with van der Waals surface area (Å²) in [5, 5.41) is 0. The number of rotatable bonds is 7. The molecule has 0 bridgehead atoms. The van der Waals surface area contributed by atoms with Crippen LogP contribution in [0.2, 0.25) is 0 Å². The molecule has 2 aromatic carbocycles. The lowest BCUT2D eigenvalue weighted by Gasteiger charge is -2.14. The van der Waals surface area contributed by atoms with Gasteiger partial charge in [-0.3, -0.25) is 4.55 Å². The molecule has 0 aliphatic rings. The van der Waals surface area contributed by atoms with E-state index in [-0.39, 0.29) is 5.56 Å². The molecule has 2 aromatic rings. The second kappa shape index (κ2) is 10.5. The molecule has 0 unspecified atom stereocenters.